The van der Waals surface area contributed by atoms with Crippen LogP contribution < -0.4 is 5.32 Å². The fourth-order valence-electron chi connectivity index (χ4n) is 2.76. The molecule has 0 radical (unpaired) electrons. The molecular weight excluding hydrogens is 250 g/mol. The van der Waals surface area contributed by atoms with E-state index in [0.717, 1.165) is 23.4 Å². The maximum Gasteiger partial charge on any atom is 0.326 e. The van der Waals surface area contributed by atoms with Gasteiger partial charge in [0.05, 0.1) is 7.11 Å². The first-order valence-corrected chi connectivity index (χ1v) is 6.64. The van der Waals surface area contributed by atoms with E-state index in [9.17, 15) is 4.79 Å². The van der Waals surface area contributed by atoms with Crippen molar-refractivity contribution < 1.29 is 9.53 Å². The molecule has 3 nitrogen and oxygen atoms in total. The third-order valence-corrected chi connectivity index (χ3v) is 4.02. The highest BCUT2D eigenvalue weighted by Crippen LogP contribution is 2.35. The highest BCUT2D eigenvalue weighted by atomic mass is 35.5. The Hall–Kier alpha value is -1.06. The molecule has 2 aliphatic carbocycles. The Kier molecular flexibility index (Phi) is 2.83. The van der Waals surface area contributed by atoms with E-state index in [-0.39, 0.29) is 5.97 Å². The van der Waals surface area contributed by atoms with E-state index in [2.05, 4.69) is 5.32 Å². The molecule has 0 spiro atoms. The van der Waals surface area contributed by atoms with Crippen LogP contribution in [-0.4, -0.2) is 24.7 Å². The van der Waals surface area contributed by atoms with Gasteiger partial charge in [0.25, 0.3) is 0 Å². The molecule has 2 aliphatic rings. The summed E-state index contributed by atoms with van der Waals surface area (Å²) in [5.41, 5.74) is 1.77. The van der Waals surface area contributed by atoms with Crippen molar-refractivity contribution in [2.45, 2.75) is 37.3 Å². The monoisotopic (exact) mass is 265 g/mol. The van der Waals surface area contributed by atoms with Crippen LogP contribution in [0, 0.1) is 0 Å². The molecule has 1 unspecified atom stereocenters. The minimum absolute atomic E-state index is 0.165. The predicted octanol–water partition coefficient (Wildman–Crippen LogP) is 2.10. The molecule has 1 fully saturated rings. The summed E-state index contributed by atoms with van der Waals surface area (Å²) in [6.45, 7) is 0. The standard InChI is InChI=1S/C14H16ClNO2/c1-18-13(17)14(16-12-4-5-12)7-9-2-3-11(15)6-10(9)8-14/h2-3,6,12,16H,4-5,7-8H2,1H3. The fourth-order valence-corrected chi connectivity index (χ4v) is 2.96. The SMILES string of the molecule is COC(=O)C1(NC2CC2)Cc2ccc(Cl)cc2C1. The molecule has 0 bridgehead atoms. The number of methoxy groups -OCH3 is 1. The molecule has 1 atom stereocenters. The molecule has 1 saturated carbocycles. The average molecular weight is 266 g/mol. The van der Waals surface area contributed by atoms with Crippen molar-refractivity contribution in [2.24, 2.45) is 0 Å². The zero-order valence-corrected chi connectivity index (χ0v) is 11.1. The van der Waals surface area contributed by atoms with Crippen molar-refractivity contribution in [3.05, 3.63) is 34.3 Å². The highest BCUT2D eigenvalue weighted by molar-refractivity contribution is 6.30. The topological polar surface area (TPSA) is 38.3 Å². The van der Waals surface area contributed by atoms with Crippen molar-refractivity contribution in [1.29, 1.82) is 0 Å². The van der Waals surface area contributed by atoms with Gasteiger partial charge in [0.15, 0.2) is 0 Å². The first-order valence-electron chi connectivity index (χ1n) is 6.26. The van der Waals surface area contributed by atoms with E-state index in [1.165, 1.54) is 12.7 Å². The molecule has 3 rings (SSSR count). The normalized spacial score (nSPS) is 25.9. The van der Waals surface area contributed by atoms with Crippen LogP contribution in [-0.2, 0) is 22.4 Å². The summed E-state index contributed by atoms with van der Waals surface area (Å²) in [5, 5.41) is 4.19. The summed E-state index contributed by atoms with van der Waals surface area (Å²) in [7, 11) is 1.45. The van der Waals surface area contributed by atoms with Crippen molar-refractivity contribution >= 4 is 17.6 Å². The quantitative estimate of drug-likeness (QED) is 0.851. The number of fused-ring (bicyclic) bond motifs is 1. The summed E-state index contributed by atoms with van der Waals surface area (Å²) in [5.74, 6) is -0.165. The van der Waals surface area contributed by atoms with Gasteiger partial charge in [-0.25, -0.2) is 0 Å². The van der Waals surface area contributed by atoms with Crippen LogP contribution in [0.2, 0.25) is 5.02 Å². The fraction of sp³-hybridized carbons (Fsp3) is 0.500. The summed E-state index contributed by atoms with van der Waals surface area (Å²) in [6.07, 6.45) is 3.67. The lowest BCUT2D eigenvalue weighted by atomic mass is 9.95. The van der Waals surface area contributed by atoms with Crippen molar-refractivity contribution in [1.82, 2.24) is 5.32 Å². The van der Waals surface area contributed by atoms with Crippen molar-refractivity contribution in [2.75, 3.05) is 7.11 Å². The molecule has 1 aromatic rings. The van der Waals surface area contributed by atoms with Crippen LogP contribution in [0.25, 0.3) is 0 Å². The first-order chi connectivity index (χ1) is 8.63. The maximum atomic E-state index is 12.1. The Labute approximate surface area is 111 Å². The highest BCUT2D eigenvalue weighted by Gasteiger charge is 2.47. The molecule has 18 heavy (non-hydrogen) atoms. The van der Waals surface area contributed by atoms with Gasteiger partial charge < -0.3 is 4.74 Å². The number of halogens is 1. The average Bonchev–Trinajstić information content (AvgIpc) is 3.07. The number of ether oxygens (including phenoxy) is 1. The van der Waals surface area contributed by atoms with E-state index < -0.39 is 5.54 Å². The van der Waals surface area contributed by atoms with E-state index >= 15 is 0 Å². The summed E-state index contributed by atoms with van der Waals surface area (Å²) >= 11 is 6.01. The van der Waals surface area contributed by atoms with Gasteiger partial charge in [-0.1, -0.05) is 17.7 Å². The number of nitrogens with one attached hydrogen (secondary N) is 1. The second-order valence-corrected chi connectivity index (χ2v) is 5.70. The van der Waals surface area contributed by atoms with Crippen molar-refractivity contribution in [3.8, 4) is 0 Å². The third-order valence-electron chi connectivity index (χ3n) is 3.79. The Morgan fingerprint density at radius 2 is 2.11 bits per heavy atom. The van der Waals surface area contributed by atoms with Gasteiger partial charge in [0, 0.05) is 23.9 Å². The van der Waals surface area contributed by atoms with Gasteiger partial charge in [-0.3, -0.25) is 10.1 Å². The van der Waals surface area contributed by atoms with E-state index in [4.69, 9.17) is 16.3 Å². The van der Waals surface area contributed by atoms with E-state index in [1.807, 2.05) is 18.2 Å². The van der Waals surface area contributed by atoms with Crippen LogP contribution in [0.1, 0.15) is 24.0 Å². The molecule has 0 saturated heterocycles. The first kappa shape index (κ1) is 12.0. The van der Waals surface area contributed by atoms with Gasteiger partial charge >= 0.3 is 5.97 Å². The minimum Gasteiger partial charge on any atom is -0.468 e. The summed E-state index contributed by atoms with van der Waals surface area (Å²) in [6, 6.07) is 6.31. The van der Waals surface area contributed by atoms with Crippen LogP contribution in [0.4, 0.5) is 0 Å². The zero-order chi connectivity index (χ0) is 12.8. The molecule has 4 heteroatoms. The lowest BCUT2D eigenvalue weighted by Gasteiger charge is -2.27. The number of hydrogen-bond donors (Lipinski definition) is 1. The van der Waals surface area contributed by atoms with Crippen LogP contribution in [0.3, 0.4) is 0 Å². The number of benzene rings is 1. The molecule has 0 heterocycles. The van der Waals surface area contributed by atoms with Gasteiger partial charge in [0.1, 0.15) is 5.54 Å². The smallest absolute Gasteiger partial charge is 0.326 e. The molecular formula is C14H16ClNO2. The zero-order valence-electron chi connectivity index (χ0n) is 10.3. The van der Waals surface area contributed by atoms with Gasteiger partial charge in [-0.2, -0.15) is 0 Å². The van der Waals surface area contributed by atoms with Crippen molar-refractivity contribution in [3.63, 3.8) is 0 Å². The van der Waals surface area contributed by atoms with Gasteiger partial charge in [-0.05, 0) is 36.1 Å². The van der Waals surface area contributed by atoms with Gasteiger partial charge in [0.2, 0.25) is 0 Å². The number of carbonyl (C=O) groups is 1. The molecule has 0 aliphatic heterocycles. The number of carbonyl (C=O) groups excluding carboxylic acids is 1. The Bertz CT molecular complexity index is 499. The lowest BCUT2D eigenvalue weighted by molar-refractivity contribution is -0.148. The molecule has 1 N–H and O–H groups in total. The third kappa shape index (κ3) is 2.02. The Morgan fingerprint density at radius 3 is 2.78 bits per heavy atom. The van der Waals surface area contributed by atoms with E-state index in [0.29, 0.717) is 18.9 Å². The predicted molar refractivity (Wildman–Crippen MR) is 69.8 cm³/mol. The largest absolute Gasteiger partial charge is 0.468 e. The Morgan fingerprint density at radius 1 is 1.39 bits per heavy atom. The maximum absolute atomic E-state index is 12.1. The lowest BCUT2D eigenvalue weighted by Crippen LogP contribution is -2.54. The number of esters is 1. The summed E-state index contributed by atoms with van der Waals surface area (Å²) in [4.78, 5) is 12.1. The molecule has 96 valence electrons. The Balaban J connectivity index is 1.91. The van der Waals surface area contributed by atoms with Crippen LogP contribution in [0.5, 0.6) is 0 Å². The van der Waals surface area contributed by atoms with Crippen LogP contribution in [0.15, 0.2) is 18.2 Å². The molecule has 1 aromatic carbocycles. The van der Waals surface area contributed by atoms with Crippen LogP contribution >= 0.6 is 11.6 Å². The molecule has 0 aromatic heterocycles. The second kappa shape index (κ2) is 4.25. The summed E-state index contributed by atoms with van der Waals surface area (Å²) < 4.78 is 4.99. The molecule has 0 amide bonds. The van der Waals surface area contributed by atoms with E-state index in [1.54, 1.807) is 0 Å². The minimum atomic E-state index is -0.580. The van der Waals surface area contributed by atoms with Gasteiger partial charge in [-0.15, -0.1) is 0 Å². The second-order valence-electron chi connectivity index (χ2n) is 5.26. The number of rotatable bonds is 3. The number of hydrogen-bond acceptors (Lipinski definition) is 3.